The van der Waals surface area contributed by atoms with Gasteiger partial charge in [-0.1, -0.05) is 30.3 Å². The summed E-state index contributed by atoms with van der Waals surface area (Å²) in [6.07, 6.45) is 0.611. The van der Waals surface area contributed by atoms with Gasteiger partial charge in [-0.3, -0.25) is 4.79 Å². The average molecular weight is 277 g/mol. The molecule has 3 N–H and O–H groups in total. The van der Waals surface area contributed by atoms with Gasteiger partial charge in [0.1, 0.15) is 0 Å². The lowest BCUT2D eigenvalue weighted by Gasteiger charge is -2.30. The Morgan fingerprint density at radius 2 is 2.25 bits per heavy atom. The molecular weight excluding hydrogens is 254 g/mol. The summed E-state index contributed by atoms with van der Waals surface area (Å²) in [4.78, 5) is 14.2. The first kappa shape index (κ1) is 15.0. The number of ether oxygens (including phenoxy) is 1. The van der Waals surface area contributed by atoms with Crippen molar-refractivity contribution in [3.8, 4) is 0 Å². The largest absolute Gasteiger partial charge is 0.374 e. The minimum absolute atomic E-state index is 0.0571. The molecule has 20 heavy (non-hydrogen) atoms. The van der Waals surface area contributed by atoms with E-state index in [-0.39, 0.29) is 12.0 Å². The molecule has 0 saturated carbocycles. The predicted molar refractivity (Wildman–Crippen MR) is 78.4 cm³/mol. The van der Waals surface area contributed by atoms with E-state index < -0.39 is 6.04 Å². The van der Waals surface area contributed by atoms with Crippen molar-refractivity contribution >= 4 is 5.91 Å². The van der Waals surface area contributed by atoms with E-state index in [1.807, 2.05) is 30.3 Å². The van der Waals surface area contributed by atoms with Gasteiger partial charge in [0.05, 0.1) is 18.8 Å². The molecule has 0 bridgehead atoms. The van der Waals surface area contributed by atoms with Gasteiger partial charge in [0.25, 0.3) is 0 Å². The highest BCUT2D eigenvalue weighted by Crippen LogP contribution is 2.03. The van der Waals surface area contributed by atoms with Crippen molar-refractivity contribution in [1.82, 2.24) is 10.2 Å². The zero-order valence-electron chi connectivity index (χ0n) is 11.9. The normalized spacial score (nSPS) is 21.4. The fourth-order valence-corrected chi connectivity index (χ4v) is 2.30. The Morgan fingerprint density at radius 3 is 2.95 bits per heavy atom. The highest BCUT2D eigenvalue weighted by atomic mass is 16.5. The van der Waals surface area contributed by atoms with Crippen molar-refractivity contribution < 1.29 is 9.53 Å². The third-order valence-electron chi connectivity index (χ3n) is 3.48. The van der Waals surface area contributed by atoms with E-state index in [4.69, 9.17) is 10.5 Å². The highest BCUT2D eigenvalue weighted by Gasteiger charge is 2.20. The van der Waals surface area contributed by atoms with Crippen LogP contribution in [0.25, 0.3) is 0 Å². The zero-order chi connectivity index (χ0) is 14.4. The smallest absolute Gasteiger partial charge is 0.237 e. The number of nitrogens with one attached hydrogen (secondary N) is 1. The highest BCUT2D eigenvalue weighted by molar-refractivity contribution is 5.81. The minimum atomic E-state index is -0.515. The molecule has 5 heteroatoms. The van der Waals surface area contributed by atoms with Gasteiger partial charge in [-0.25, -0.2) is 0 Å². The van der Waals surface area contributed by atoms with Crippen molar-refractivity contribution in [2.45, 2.75) is 18.6 Å². The fraction of sp³-hybridized carbons (Fsp3) is 0.533. The number of nitrogens with two attached hydrogens (primary N) is 1. The number of carbonyl (C=O) groups excluding carboxylic acids is 1. The van der Waals surface area contributed by atoms with Gasteiger partial charge in [-0.2, -0.15) is 0 Å². The summed E-state index contributed by atoms with van der Waals surface area (Å²) in [6.45, 7) is 3.02. The SMILES string of the molecule is CN1CCOC(CNC(=O)C(N)Cc2ccccc2)C1. The van der Waals surface area contributed by atoms with Gasteiger partial charge in [0.2, 0.25) is 5.91 Å². The summed E-state index contributed by atoms with van der Waals surface area (Å²) in [5, 5.41) is 2.88. The lowest BCUT2D eigenvalue weighted by Crippen LogP contribution is -2.49. The third kappa shape index (κ3) is 4.59. The summed E-state index contributed by atoms with van der Waals surface area (Å²) in [5.74, 6) is -0.120. The molecule has 0 spiro atoms. The molecular formula is C15H23N3O2. The van der Waals surface area contributed by atoms with E-state index in [0.29, 0.717) is 19.6 Å². The van der Waals surface area contributed by atoms with Crippen molar-refractivity contribution in [2.24, 2.45) is 5.73 Å². The van der Waals surface area contributed by atoms with Gasteiger partial charge >= 0.3 is 0 Å². The van der Waals surface area contributed by atoms with Gasteiger partial charge in [0.15, 0.2) is 0 Å². The van der Waals surface area contributed by atoms with Gasteiger partial charge in [-0.05, 0) is 19.0 Å². The van der Waals surface area contributed by atoms with E-state index in [1.54, 1.807) is 0 Å². The Labute approximate surface area is 120 Å². The van der Waals surface area contributed by atoms with Crippen LogP contribution in [-0.4, -0.2) is 56.2 Å². The molecule has 0 aliphatic carbocycles. The summed E-state index contributed by atoms with van der Waals surface area (Å²) >= 11 is 0. The molecule has 1 aromatic rings. The molecule has 2 atom stereocenters. The second-order valence-electron chi connectivity index (χ2n) is 5.30. The summed E-state index contributed by atoms with van der Waals surface area (Å²) in [7, 11) is 2.05. The summed E-state index contributed by atoms with van der Waals surface area (Å²) < 4.78 is 5.60. The van der Waals surface area contributed by atoms with Crippen LogP contribution in [0.3, 0.4) is 0 Å². The van der Waals surface area contributed by atoms with E-state index >= 15 is 0 Å². The first-order valence-electron chi connectivity index (χ1n) is 7.02. The molecule has 1 aliphatic heterocycles. The van der Waals surface area contributed by atoms with Crippen LogP contribution in [0, 0.1) is 0 Å². The van der Waals surface area contributed by atoms with E-state index in [0.717, 1.165) is 18.7 Å². The van der Waals surface area contributed by atoms with E-state index in [9.17, 15) is 4.79 Å². The molecule has 5 nitrogen and oxygen atoms in total. The number of hydrogen-bond donors (Lipinski definition) is 2. The second-order valence-corrected chi connectivity index (χ2v) is 5.30. The fourth-order valence-electron chi connectivity index (χ4n) is 2.30. The number of hydrogen-bond acceptors (Lipinski definition) is 4. The van der Waals surface area contributed by atoms with Crippen LogP contribution in [0.1, 0.15) is 5.56 Å². The van der Waals surface area contributed by atoms with Crippen molar-refractivity contribution in [3.63, 3.8) is 0 Å². The van der Waals surface area contributed by atoms with Crippen LogP contribution in [-0.2, 0) is 16.0 Å². The quantitative estimate of drug-likeness (QED) is 0.795. The van der Waals surface area contributed by atoms with Crippen molar-refractivity contribution in [2.75, 3.05) is 33.3 Å². The topological polar surface area (TPSA) is 67.6 Å². The summed E-state index contributed by atoms with van der Waals surface area (Å²) in [6, 6.07) is 9.29. The molecule has 1 amide bonds. The van der Waals surface area contributed by atoms with Crippen molar-refractivity contribution in [1.29, 1.82) is 0 Å². The number of carbonyl (C=O) groups is 1. The Morgan fingerprint density at radius 1 is 1.50 bits per heavy atom. The van der Waals surface area contributed by atoms with Crippen LogP contribution >= 0.6 is 0 Å². The van der Waals surface area contributed by atoms with E-state index in [2.05, 4.69) is 17.3 Å². The van der Waals surface area contributed by atoms with Gasteiger partial charge in [-0.15, -0.1) is 0 Å². The third-order valence-corrected chi connectivity index (χ3v) is 3.48. The average Bonchev–Trinajstić information content (AvgIpc) is 2.46. The Bertz CT molecular complexity index is 424. The first-order valence-corrected chi connectivity index (χ1v) is 7.02. The second kappa shape index (κ2) is 7.38. The number of likely N-dealkylation sites (N-methyl/N-ethyl adjacent to an activating group) is 1. The first-order chi connectivity index (χ1) is 9.65. The molecule has 1 aliphatic rings. The van der Waals surface area contributed by atoms with E-state index in [1.165, 1.54) is 0 Å². The molecule has 2 rings (SSSR count). The Kier molecular flexibility index (Phi) is 5.52. The molecule has 1 saturated heterocycles. The summed E-state index contributed by atoms with van der Waals surface area (Å²) in [5.41, 5.74) is 7.00. The van der Waals surface area contributed by atoms with Crippen LogP contribution in [0.2, 0.25) is 0 Å². The number of rotatable bonds is 5. The van der Waals surface area contributed by atoms with Crippen molar-refractivity contribution in [3.05, 3.63) is 35.9 Å². The number of morpholine rings is 1. The standard InChI is InChI=1S/C15H23N3O2/c1-18-7-8-20-13(11-18)10-17-15(19)14(16)9-12-5-3-2-4-6-12/h2-6,13-14H,7-11,16H2,1H3,(H,17,19). The van der Waals surface area contributed by atoms with Crippen LogP contribution in [0.4, 0.5) is 0 Å². The molecule has 1 heterocycles. The zero-order valence-corrected chi connectivity index (χ0v) is 11.9. The number of nitrogens with zero attached hydrogens (tertiary/aromatic N) is 1. The maximum atomic E-state index is 12.0. The molecule has 110 valence electrons. The number of benzene rings is 1. The number of amides is 1. The monoisotopic (exact) mass is 277 g/mol. The van der Waals surface area contributed by atoms with Crippen LogP contribution in [0.5, 0.6) is 0 Å². The van der Waals surface area contributed by atoms with Gasteiger partial charge in [0, 0.05) is 19.6 Å². The minimum Gasteiger partial charge on any atom is -0.374 e. The lowest BCUT2D eigenvalue weighted by atomic mass is 10.1. The maximum absolute atomic E-state index is 12.0. The van der Waals surface area contributed by atoms with Crippen LogP contribution < -0.4 is 11.1 Å². The maximum Gasteiger partial charge on any atom is 0.237 e. The van der Waals surface area contributed by atoms with Crippen LogP contribution in [0.15, 0.2) is 30.3 Å². The Hall–Kier alpha value is -1.43. The molecule has 1 fully saturated rings. The molecule has 0 aromatic heterocycles. The molecule has 1 aromatic carbocycles. The van der Waals surface area contributed by atoms with Gasteiger partial charge < -0.3 is 20.7 Å². The lowest BCUT2D eigenvalue weighted by molar-refractivity contribution is -0.123. The predicted octanol–water partition coefficient (Wildman–Crippen LogP) is 0.00320. The Balaban J connectivity index is 1.74. The molecule has 2 unspecified atom stereocenters. The molecule has 0 radical (unpaired) electrons.